The van der Waals surface area contributed by atoms with E-state index in [2.05, 4.69) is 0 Å². The highest BCUT2D eigenvalue weighted by Crippen LogP contribution is 2.15. The van der Waals surface area contributed by atoms with Gasteiger partial charge in [-0.25, -0.2) is 13.6 Å². The highest BCUT2D eigenvalue weighted by molar-refractivity contribution is 7.89. The van der Waals surface area contributed by atoms with Crippen LogP contribution in [0.2, 0.25) is 0 Å². The maximum absolute atomic E-state index is 11.9. The van der Waals surface area contributed by atoms with Gasteiger partial charge in [-0.05, 0) is 26.2 Å². The van der Waals surface area contributed by atoms with E-state index in [1.807, 2.05) is 13.8 Å². The van der Waals surface area contributed by atoms with Crippen molar-refractivity contribution in [2.45, 2.75) is 44.5 Å². The Kier molecular flexibility index (Phi) is 5.55. The smallest absolute Gasteiger partial charge is 0.248 e. The van der Waals surface area contributed by atoms with E-state index in [0.717, 1.165) is 6.42 Å². The first-order chi connectivity index (χ1) is 8.34. The van der Waals surface area contributed by atoms with Crippen molar-refractivity contribution >= 4 is 15.9 Å². The molecule has 0 aliphatic carbocycles. The fourth-order valence-electron chi connectivity index (χ4n) is 1.86. The van der Waals surface area contributed by atoms with E-state index >= 15 is 0 Å². The molecule has 7 heteroatoms. The Bertz CT molecular complexity index is 383. The van der Waals surface area contributed by atoms with E-state index in [9.17, 15) is 13.2 Å². The largest absolute Gasteiger partial charge is 0.369 e. The first kappa shape index (κ1) is 15.4. The molecule has 0 spiro atoms. The molecule has 0 radical (unpaired) electrons. The molecule has 1 heterocycles. The molecular formula is C11H22N2O4S. The molecule has 2 atom stereocenters. The molecule has 1 aliphatic heterocycles. The number of amides is 1. The maximum Gasteiger partial charge on any atom is 0.248 e. The van der Waals surface area contributed by atoms with Gasteiger partial charge in [0.25, 0.3) is 0 Å². The number of carbonyl (C=O) groups excluding carboxylic acids is 1. The van der Waals surface area contributed by atoms with Gasteiger partial charge >= 0.3 is 0 Å². The van der Waals surface area contributed by atoms with Gasteiger partial charge in [0.1, 0.15) is 6.61 Å². The van der Waals surface area contributed by atoms with E-state index < -0.39 is 15.3 Å². The maximum atomic E-state index is 11.9. The number of primary sulfonamides is 1. The molecule has 1 aliphatic rings. The molecular weight excluding hydrogens is 256 g/mol. The van der Waals surface area contributed by atoms with Crippen LogP contribution in [0, 0.1) is 0 Å². The Balaban J connectivity index is 2.49. The molecule has 2 N–H and O–H groups in total. The van der Waals surface area contributed by atoms with E-state index in [1.165, 1.54) is 4.90 Å². The lowest BCUT2D eigenvalue weighted by Gasteiger charge is -2.31. The summed E-state index contributed by atoms with van der Waals surface area (Å²) in [6, 6.07) is 0. The second-order valence-corrected chi connectivity index (χ2v) is 6.57. The summed E-state index contributed by atoms with van der Waals surface area (Å²) in [5.41, 5.74) is 0. The third-order valence-corrected chi connectivity index (χ3v) is 4.58. The number of hydrogen-bond donors (Lipinski definition) is 1. The molecule has 0 aromatic rings. The SMILES string of the molecule is CCC(C)OCC(=O)N1CCCC(S(N)(=O)=O)C1. The lowest BCUT2D eigenvalue weighted by molar-refractivity contribution is -0.138. The van der Waals surface area contributed by atoms with Crippen LogP contribution in [0.25, 0.3) is 0 Å². The second-order valence-electron chi connectivity index (χ2n) is 4.72. The molecule has 1 fully saturated rings. The van der Waals surface area contributed by atoms with Crippen molar-refractivity contribution in [1.29, 1.82) is 0 Å². The van der Waals surface area contributed by atoms with Gasteiger partial charge < -0.3 is 9.64 Å². The van der Waals surface area contributed by atoms with E-state index in [4.69, 9.17) is 9.88 Å². The summed E-state index contributed by atoms with van der Waals surface area (Å²) in [5, 5.41) is 4.48. The van der Waals surface area contributed by atoms with Crippen molar-refractivity contribution in [3.8, 4) is 0 Å². The van der Waals surface area contributed by atoms with Gasteiger partial charge in [0, 0.05) is 13.1 Å². The van der Waals surface area contributed by atoms with Crippen LogP contribution in [-0.4, -0.2) is 50.3 Å². The van der Waals surface area contributed by atoms with Crippen molar-refractivity contribution in [3.63, 3.8) is 0 Å². The van der Waals surface area contributed by atoms with Crippen LogP contribution >= 0.6 is 0 Å². The first-order valence-electron chi connectivity index (χ1n) is 6.25. The predicted octanol–water partition coefficient (Wildman–Crippen LogP) is 0.0810. The molecule has 18 heavy (non-hydrogen) atoms. The summed E-state index contributed by atoms with van der Waals surface area (Å²) in [6.07, 6.45) is 2.06. The highest BCUT2D eigenvalue weighted by atomic mass is 32.2. The molecule has 0 aromatic heterocycles. The third-order valence-electron chi connectivity index (χ3n) is 3.26. The molecule has 6 nitrogen and oxygen atoms in total. The molecule has 0 aromatic carbocycles. The third kappa shape index (κ3) is 4.55. The minimum atomic E-state index is -3.56. The number of sulfonamides is 1. The molecule has 106 valence electrons. The average Bonchev–Trinajstić information content (AvgIpc) is 2.34. The predicted molar refractivity (Wildman–Crippen MR) is 68.4 cm³/mol. The van der Waals surface area contributed by atoms with Crippen molar-refractivity contribution in [3.05, 3.63) is 0 Å². The molecule has 2 unspecified atom stereocenters. The zero-order valence-corrected chi connectivity index (χ0v) is 11.8. The Morgan fingerprint density at radius 2 is 2.22 bits per heavy atom. The normalized spacial score (nSPS) is 22.8. The van der Waals surface area contributed by atoms with E-state index in [0.29, 0.717) is 19.4 Å². The van der Waals surface area contributed by atoms with Crippen LogP contribution in [0.4, 0.5) is 0 Å². The minimum absolute atomic E-state index is 0.00630. The monoisotopic (exact) mass is 278 g/mol. The molecule has 0 saturated carbocycles. The summed E-state index contributed by atoms with van der Waals surface area (Å²) in [6.45, 7) is 4.65. The van der Waals surface area contributed by atoms with E-state index in [-0.39, 0.29) is 25.2 Å². The number of hydrogen-bond acceptors (Lipinski definition) is 4. The van der Waals surface area contributed by atoms with Gasteiger partial charge in [0.15, 0.2) is 0 Å². The van der Waals surface area contributed by atoms with Crippen molar-refractivity contribution in [2.24, 2.45) is 5.14 Å². The number of rotatable bonds is 5. The first-order valence-corrected chi connectivity index (χ1v) is 7.86. The Morgan fingerprint density at radius 3 is 2.78 bits per heavy atom. The Hall–Kier alpha value is -0.660. The second kappa shape index (κ2) is 6.49. The van der Waals surface area contributed by atoms with Crippen LogP contribution in [-0.2, 0) is 19.6 Å². The number of ether oxygens (including phenoxy) is 1. The van der Waals surface area contributed by atoms with Gasteiger partial charge in [-0.1, -0.05) is 6.92 Å². The number of nitrogens with zero attached hydrogens (tertiary/aromatic N) is 1. The standard InChI is InChI=1S/C11H22N2O4S/c1-3-9(2)17-8-11(14)13-6-4-5-10(7-13)18(12,15)16/h9-10H,3-8H2,1-2H3,(H2,12,15,16). The molecule has 1 saturated heterocycles. The summed E-state index contributed by atoms with van der Waals surface area (Å²) in [4.78, 5) is 13.4. The summed E-state index contributed by atoms with van der Waals surface area (Å²) in [7, 11) is -3.56. The topological polar surface area (TPSA) is 89.7 Å². The molecule has 0 bridgehead atoms. The number of carbonyl (C=O) groups is 1. The summed E-state index contributed by atoms with van der Waals surface area (Å²) >= 11 is 0. The zero-order valence-electron chi connectivity index (χ0n) is 11.0. The van der Waals surface area contributed by atoms with Gasteiger partial charge in [-0.15, -0.1) is 0 Å². The minimum Gasteiger partial charge on any atom is -0.369 e. The van der Waals surface area contributed by atoms with E-state index in [1.54, 1.807) is 0 Å². The van der Waals surface area contributed by atoms with Crippen LogP contribution in [0.15, 0.2) is 0 Å². The quantitative estimate of drug-likeness (QED) is 0.771. The van der Waals surface area contributed by atoms with Gasteiger partial charge in [-0.2, -0.15) is 0 Å². The van der Waals surface area contributed by atoms with Crippen molar-refractivity contribution in [2.75, 3.05) is 19.7 Å². The van der Waals surface area contributed by atoms with Crippen LogP contribution in [0.1, 0.15) is 33.1 Å². The van der Waals surface area contributed by atoms with Crippen molar-refractivity contribution in [1.82, 2.24) is 4.90 Å². The Labute approximate surface area is 109 Å². The highest BCUT2D eigenvalue weighted by Gasteiger charge is 2.30. The lowest BCUT2D eigenvalue weighted by Crippen LogP contribution is -2.48. The summed E-state index contributed by atoms with van der Waals surface area (Å²) in [5.74, 6) is -0.163. The lowest BCUT2D eigenvalue weighted by atomic mass is 10.1. The Morgan fingerprint density at radius 1 is 1.56 bits per heavy atom. The van der Waals surface area contributed by atoms with Crippen LogP contribution in [0.3, 0.4) is 0 Å². The molecule has 1 amide bonds. The number of piperidine rings is 1. The van der Waals surface area contributed by atoms with Crippen molar-refractivity contribution < 1.29 is 17.9 Å². The fourth-order valence-corrected chi connectivity index (χ4v) is 2.74. The summed E-state index contributed by atoms with van der Waals surface area (Å²) < 4.78 is 27.9. The zero-order chi connectivity index (χ0) is 13.8. The molecule has 1 rings (SSSR count). The fraction of sp³-hybridized carbons (Fsp3) is 0.909. The van der Waals surface area contributed by atoms with Gasteiger partial charge in [0.2, 0.25) is 15.9 Å². The number of nitrogens with two attached hydrogens (primary N) is 1. The van der Waals surface area contributed by atoms with Gasteiger partial charge in [0.05, 0.1) is 11.4 Å². The van der Waals surface area contributed by atoms with Gasteiger partial charge in [-0.3, -0.25) is 4.79 Å². The number of likely N-dealkylation sites (tertiary alicyclic amines) is 1. The van der Waals surface area contributed by atoms with Crippen LogP contribution in [0.5, 0.6) is 0 Å². The average molecular weight is 278 g/mol. The van der Waals surface area contributed by atoms with Crippen LogP contribution < -0.4 is 5.14 Å².